The lowest BCUT2D eigenvalue weighted by Crippen LogP contribution is -2.28. The van der Waals surface area contributed by atoms with Gasteiger partial charge in [-0.2, -0.15) is 0 Å². The standard InChI is InChI=1S/C57H100O5/c1-3-5-7-9-11-13-15-16-17-18-19-20-21-22-23-24-25-26-27-28-29-30-31-32-33-34-35-36-37-38-39-40-42-44-46-48-50-52-57(60)62-55(53-58)54-61-56(59)51-49-47-45-43-41-14-12-10-8-6-4-2/h5,7,10-13,16-17,19-20,22-23,55,58H,3-4,6,8-9,14-15,18,21,24-54H2,1-2H3/b7-5-,12-10-,13-11-,17-16-,20-19-,23-22-. The molecule has 5 heteroatoms. The van der Waals surface area contributed by atoms with E-state index < -0.39 is 6.10 Å². The number of aliphatic hydroxyl groups is 1. The van der Waals surface area contributed by atoms with Crippen LogP contribution >= 0.6 is 0 Å². The highest BCUT2D eigenvalue weighted by Gasteiger charge is 2.16. The molecule has 0 heterocycles. The first-order valence-corrected chi connectivity index (χ1v) is 26.5. The number of rotatable bonds is 48. The molecule has 0 bridgehead atoms. The number of hydrogen-bond acceptors (Lipinski definition) is 5. The lowest BCUT2D eigenvalue weighted by Gasteiger charge is -2.15. The van der Waals surface area contributed by atoms with Crippen molar-refractivity contribution in [3.63, 3.8) is 0 Å². The van der Waals surface area contributed by atoms with Gasteiger partial charge >= 0.3 is 11.9 Å². The third-order valence-electron chi connectivity index (χ3n) is 11.5. The van der Waals surface area contributed by atoms with E-state index in [2.05, 4.69) is 86.8 Å². The van der Waals surface area contributed by atoms with Gasteiger partial charge < -0.3 is 14.6 Å². The monoisotopic (exact) mass is 865 g/mol. The molecular formula is C57H100O5. The fourth-order valence-corrected chi connectivity index (χ4v) is 7.51. The summed E-state index contributed by atoms with van der Waals surface area (Å²) >= 11 is 0. The summed E-state index contributed by atoms with van der Waals surface area (Å²) in [5.74, 6) is -0.596. The lowest BCUT2D eigenvalue weighted by molar-refractivity contribution is -0.161. The van der Waals surface area contributed by atoms with Crippen molar-refractivity contribution in [2.24, 2.45) is 0 Å². The minimum absolute atomic E-state index is 0.0687. The first kappa shape index (κ1) is 59.3. The molecule has 358 valence electrons. The Morgan fingerprint density at radius 2 is 0.694 bits per heavy atom. The number of esters is 2. The van der Waals surface area contributed by atoms with Gasteiger partial charge in [0.25, 0.3) is 0 Å². The summed E-state index contributed by atoms with van der Waals surface area (Å²) in [5, 5.41) is 9.59. The number of allylic oxidation sites excluding steroid dienone is 12. The normalized spacial score (nSPS) is 12.8. The molecule has 0 fully saturated rings. The molecule has 0 aliphatic rings. The maximum absolute atomic E-state index is 12.2. The zero-order chi connectivity index (χ0) is 44.9. The molecule has 0 aliphatic carbocycles. The minimum atomic E-state index is -0.774. The van der Waals surface area contributed by atoms with Crippen LogP contribution in [0.5, 0.6) is 0 Å². The zero-order valence-corrected chi connectivity index (χ0v) is 40.9. The van der Waals surface area contributed by atoms with Crippen molar-refractivity contribution in [3.05, 3.63) is 72.9 Å². The van der Waals surface area contributed by atoms with Gasteiger partial charge in [0.05, 0.1) is 6.61 Å². The molecule has 0 amide bonds. The van der Waals surface area contributed by atoms with E-state index in [1.165, 1.54) is 154 Å². The Morgan fingerprint density at radius 3 is 1.06 bits per heavy atom. The van der Waals surface area contributed by atoms with Crippen LogP contribution in [0.4, 0.5) is 0 Å². The van der Waals surface area contributed by atoms with Gasteiger partial charge in [-0.25, -0.2) is 0 Å². The van der Waals surface area contributed by atoms with E-state index in [1.54, 1.807) is 0 Å². The Kier molecular flexibility index (Phi) is 50.4. The number of unbranched alkanes of at least 4 members (excludes halogenated alkanes) is 28. The lowest BCUT2D eigenvalue weighted by atomic mass is 10.0. The smallest absolute Gasteiger partial charge is 0.306 e. The van der Waals surface area contributed by atoms with Gasteiger partial charge in [0.2, 0.25) is 0 Å². The fraction of sp³-hybridized carbons (Fsp3) is 0.754. The Hall–Kier alpha value is -2.66. The molecule has 0 aromatic heterocycles. The SMILES string of the molecule is CC/C=C\C/C=C\C/C=C\C/C=C\C/C=C\CCCCCCCCCCCCCCCCCCCCCCCC(=O)OC(CO)COC(=O)CCCCCCC/C=C\CCCC. The van der Waals surface area contributed by atoms with Crippen LogP contribution in [0, 0.1) is 0 Å². The van der Waals surface area contributed by atoms with Gasteiger partial charge in [-0.3, -0.25) is 9.59 Å². The minimum Gasteiger partial charge on any atom is -0.462 e. The third kappa shape index (κ3) is 50.0. The fourth-order valence-electron chi connectivity index (χ4n) is 7.51. The summed E-state index contributed by atoms with van der Waals surface area (Å²) in [4.78, 5) is 24.3. The van der Waals surface area contributed by atoms with E-state index in [-0.39, 0.29) is 25.2 Å². The van der Waals surface area contributed by atoms with Crippen molar-refractivity contribution in [1.29, 1.82) is 0 Å². The third-order valence-corrected chi connectivity index (χ3v) is 11.5. The molecule has 0 spiro atoms. The Balaban J connectivity index is 3.41. The molecule has 1 N–H and O–H groups in total. The Bertz CT molecular complexity index is 1110. The second kappa shape index (κ2) is 52.7. The van der Waals surface area contributed by atoms with Gasteiger partial charge in [-0.15, -0.1) is 0 Å². The molecule has 0 aromatic carbocycles. The molecule has 0 radical (unpaired) electrons. The van der Waals surface area contributed by atoms with Crippen LogP contribution in [0.2, 0.25) is 0 Å². The predicted molar refractivity (Wildman–Crippen MR) is 270 cm³/mol. The summed E-state index contributed by atoms with van der Waals surface area (Å²) in [6.45, 7) is 3.99. The molecule has 62 heavy (non-hydrogen) atoms. The van der Waals surface area contributed by atoms with Gasteiger partial charge in [0.1, 0.15) is 6.61 Å². The predicted octanol–water partition coefficient (Wildman–Crippen LogP) is 17.6. The maximum atomic E-state index is 12.2. The summed E-state index contributed by atoms with van der Waals surface area (Å²) in [6, 6.07) is 0. The van der Waals surface area contributed by atoms with E-state index >= 15 is 0 Å². The topological polar surface area (TPSA) is 72.8 Å². The second-order valence-corrected chi connectivity index (χ2v) is 17.6. The van der Waals surface area contributed by atoms with Crippen LogP contribution in [-0.2, 0) is 19.1 Å². The van der Waals surface area contributed by atoms with Gasteiger partial charge in [0.15, 0.2) is 6.10 Å². The second-order valence-electron chi connectivity index (χ2n) is 17.6. The van der Waals surface area contributed by atoms with Crippen molar-refractivity contribution in [2.75, 3.05) is 13.2 Å². The van der Waals surface area contributed by atoms with E-state index in [1.807, 2.05) is 0 Å². The quantitative estimate of drug-likeness (QED) is 0.0375. The van der Waals surface area contributed by atoms with E-state index in [0.717, 1.165) is 77.0 Å². The highest BCUT2D eigenvalue weighted by atomic mass is 16.6. The first-order chi connectivity index (χ1) is 30.6. The van der Waals surface area contributed by atoms with Gasteiger partial charge in [0, 0.05) is 12.8 Å². The van der Waals surface area contributed by atoms with E-state index in [9.17, 15) is 14.7 Å². The van der Waals surface area contributed by atoms with Crippen LogP contribution in [0.25, 0.3) is 0 Å². The molecule has 0 saturated carbocycles. The summed E-state index contributed by atoms with van der Waals surface area (Å²) < 4.78 is 10.6. The van der Waals surface area contributed by atoms with Crippen LogP contribution in [0.3, 0.4) is 0 Å². The van der Waals surface area contributed by atoms with Crippen molar-refractivity contribution in [2.45, 2.75) is 264 Å². The van der Waals surface area contributed by atoms with E-state index in [0.29, 0.717) is 12.8 Å². The van der Waals surface area contributed by atoms with Crippen LogP contribution in [-0.4, -0.2) is 36.4 Å². The molecule has 0 rings (SSSR count). The maximum Gasteiger partial charge on any atom is 0.306 e. The number of carbonyl (C=O) groups excluding carboxylic acids is 2. The average molecular weight is 865 g/mol. The Labute approximate surface area is 384 Å². The molecule has 1 atom stereocenters. The molecule has 0 aliphatic heterocycles. The van der Waals surface area contributed by atoms with Gasteiger partial charge in [-0.05, 0) is 77.0 Å². The van der Waals surface area contributed by atoms with Gasteiger partial charge in [-0.1, -0.05) is 241 Å². The van der Waals surface area contributed by atoms with Crippen LogP contribution < -0.4 is 0 Å². The highest BCUT2D eigenvalue weighted by Crippen LogP contribution is 2.16. The van der Waals surface area contributed by atoms with Crippen molar-refractivity contribution < 1.29 is 24.2 Å². The zero-order valence-electron chi connectivity index (χ0n) is 40.9. The first-order valence-electron chi connectivity index (χ1n) is 26.5. The summed E-state index contributed by atoms with van der Waals surface area (Å²) in [7, 11) is 0. The number of carbonyl (C=O) groups is 2. The van der Waals surface area contributed by atoms with E-state index in [4.69, 9.17) is 9.47 Å². The highest BCUT2D eigenvalue weighted by molar-refractivity contribution is 5.70. The molecule has 5 nitrogen and oxygen atoms in total. The van der Waals surface area contributed by atoms with Crippen LogP contribution in [0.15, 0.2) is 72.9 Å². The molecule has 0 saturated heterocycles. The molecule has 0 aromatic rings. The molecule has 1 unspecified atom stereocenters. The summed E-state index contributed by atoms with van der Waals surface area (Å²) in [6.07, 6.45) is 71.7. The number of hydrogen-bond donors (Lipinski definition) is 1. The summed E-state index contributed by atoms with van der Waals surface area (Å²) in [5.41, 5.74) is 0. The molecular weight excluding hydrogens is 765 g/mol. The Morgan fingerprint density at radius 1 is 0.387 bits per heavy atom. The van der Waals surface area contributed by atoms with Crippen molar-refractivity contribution in [3.8, 4) is 0 Å². The average Bonchev–Trinajstić information content (AvgIpc) is 3.28. The largest absolute Gasteiger partial charge is 0.462 e. The van der Waals surface area contributed by atoms with Crippen molar-refractivity contribution in [1.82, 2.24) is 0 Å². The number of ether oxygens (including phenoxy) is 2. The number of aliphatic hydroxyl groups excluding tert-OH is 1. The van der Waals surface area contributed by atoms with Crippen LogP contribution in [0.1, 0.15) is 258 Å². The van der Waals surface area contributed by atoms with Crippen molar-refractivity contribution >= 4 is 11.9 Å².